The average molecular weight is 446 g/mol. The Kier molecular flexibility index (Phi) is 7.36. The first-order valence-corrected chi connectivity index (χ1v) is 10.1. The minimum absolute atomic E-state index is 0.0921. The van der Waals surface area contributed by atoms with Gasteiger partial charge in [0.25, 0.3) is 11.8 Å². The molecule has 1 heterocycles. The number of ether oxygens (including phenoxy) is 2. The van der Waals surface area contributed by atoms with Gasteiger partial charge < -0.3 is 24.6 Å². The Morgan fingerprint density at radius 2 is 1.45 bits per heavy atom. The summed E-state index contributed by atoms with van der Waals surface area (Å²) in [4.78, 5) is 40.8. The quantitative estimate of drug-likeness (QED) is 0.735. The summed E-state index contributed by atoms with van der Waals surface area (Å²) in [6.07, 6.45) is 0. The number of hydrogen-bond donors (Lipinski definition) is 1. The first kappa shape index (κ1) is 22.4. The number of nitrogens with one attached hydrogen (secondary N) is 1. The van der Waals surface area contributed by atoms with Crippen LogP contribution in [0.1, 0.15) is 20.7 Å². The molecule has 9 heteroatoms. The van der Waals surface area contributed by atoms with Crippen LogP contribution in [-0.4, -0.2) is 74.5 Å². The van der Waals surface area contributed by atoms with Crippen molar-refractivity contribution < 1.29 is 23.9 Å². The van der Waals surface area contributed by atoms with Crippen LogP contribution in [0.5, 0.6) is 11.5 Å². The molecule has 0 aliphatic carbocycles. The first-order valence-electron chi connectivity index (χ1n) is 9.75. The van der Waals surface area contributed by atoms with E-state index in [4.69, 9.17) is 21.1 Å². The molecule has 3 amide bonds. The van der Waals surface area contributed by atoms with Crippen molar-refractivity contribution in [1.29, 1.82) is 0 Å². The molecule has 2 aromatic rings. The lowest BCUT2D eigenvalue weighted by molar-refractivity contribution is -0.131. The number of benzene rings is 2. The molecule has 0 saturated carbocycles. The molecule has 0 aromatic heterocycles. The van der Waals surface area contributed by atoms with E-state index in [0.29, 0.717) is 53.8 Å². The van der Waals surface area contributed by atoms with Crippen molar-refractivity contribution in [3.05, 3.63) is 58.6 Å². The highest BCUT2D eigenvalue weighted by Crippen LogP contribution is 2.27. The second-order valence-electron chi connectivity index (χ2n) is 6.93. The zero-order chi connectivity index (χ0) is 22.4. The van der Waals surface area contributed by atoms with Crippen LogP contribution in [0.3, 0.4) is 0 Å². The fourth-order valence-electron chi connectivity index (χ4n) is 3.28. The molecule has 0 atom stereocenters. The normalized spacial score (nSPS) is 13.5. The molecule has 1 aliphatic rings. The third-order valence-electron chi connectivity index (χ3n) is 5.06. The molecule has 0 bridgehead atoms. The predicted molar refractivity (Wildman–Crippen MR) is 116 cm³/mol. The van der Waals surface area contributed by atoms with Crippen molar-refractivity contribution in [3.8, 4) is 11.5 Å². The molecule has 8 nitrogen and oxygen atoms in total. The van der Waals surface area contributed by atoms with E-state index in [0.717, 1.165) is 0 Å². The lowest BCUT2D eigenvalue weighted by Crippen LogP contribution is -2.52. The van der Waals surface area contributed by atoms with Crippen LogP contribution < -0.4 is 14.8 Å². The molecular weight excluding hydrogens is 422 g/mol. The minimum atomic E-state index is -0.383. The molecule has 0 unspecified atom stereocenters. The molecule has 31 heavy (non-hydrogen) atoms. The van der Waals surface area contributed by atoms with Crippen LogP contribution in [0, 0.1) is 0 Å². The summed E-state index contributed by atoms with van der Waals surface area (Å²) in [5.74, 6) is 0.271. The molecule has 1 aliphatic heterocycles. The summed E-state index contributed by atoms with van der Waals surface area (Å²) in [7, 11) is 3.00. The summed E-state index contributed by atoms with van der Waals surface area (Å²) in [5, 5.41) is 3.20. The van der Waals surface area contributed by atoms with Gasteiger partial charge in [-0.15, -0.1) is 0 Å². The number of methoxy groups -OCH3 is 2. The number of piperazine rings is 1. The molecule has 3 rings (SSSR count). The molecule has 0 spiro atoms. The molecule has 164 valence electrons. The third-order valence-corrected chi connectivity index (χ3v) is 5.31. The summed E-state index contributed by atoms with van der Waals surface area (Å²) in [6.45, 7) is 1.54. The van der Waals surface area contributed by atoms with Gasteiger partial charge in [0.1, 0.15) is 0 Å². The van der Waals surface area contributed by atoms with E-state index < -0.39 is 0 Å². The number of rotatable bonds is 6. The monoisotopic (exact) mass is 445 g/mol. The Morgan fingerprint density at radius 3 is 2.06 bits per heavy atom. The molecule has 1 fully saturated rings. The lowest BCUT2D eigenvalue weighted by Gasteiger charge is -2.34. The Balaban J connectivity index is 1.49. The van der Waals surface area contributed by atoms with E-state index in [1.807, 2.05) is 0 Å². The van der Waals surface area contributed by atoms with Crippen LogP contribution in [0.2, 0.25) is 5.02 Å². The summed E-state index contributed by atoms with van der Waals surface area (Å²) in [6, 6.07) is 11.5. The van der Waals surface area contributed by atoms with Crippen LogP contribution in [-0.2, 0) is 4.79 Å². The lowest BCUT2D eigenvalue weighted by atomic mass is 10.1. The Hall–Kier alpha value is -3.26. The predicted octanol–water partition coefficient (Wildman–Crippen LogP) is 2.07. The highest BCUT2D eigenvalue weighted by molar-refractivity contribution is 6.30. The second-order valence-corrected chi connectivity index (χ2v) is 7.37. The third kappa shape index (κ3) is 5.46. The summed E-state index contributed by atoms with van der Waals surface area (Å²) >= 11 is 5.87. The van der Waals surface area contributed by atoms with Gasteiger partial charge in [0.15, 0.2) is 11.5 Å². The number of carbonyl (C=O) groups excluding carboxylic acids is 3. The molecular formula is C22H24ClN3O5. The second kappa shape index (κ2) is 10.2. The smallest absolute Gasteiger partial charge is 0.253 e. The van der Waals surface area contributed by atoms with Crippen LogP contribution in [0.4, 0.5) is 0 Å². The van der Waals surface area contributed by atoms with E-state index in [-0.39, 0.29) is 24.3 Å². The highest BCUT2D eigenvalue weighted by Gasteiger charge is 2.25. The number of hydrogen-bond acceptors (Lipinski definition) is 5. The summed E-state index contributed by atoms with van der Waals surface area (Å²) in [5.41, 5.74) is 0.926. The van der Waals surface area contributed by atoms with Gasteiger partial charge in [-0.3, -0.25) is 14.4 Å². The zero-order valence-electron chi connectivity index (χ0n) is 17.4. The molecule has 0 radical (unpaired) electrons. The standard InChI is InChI=1S/C22H24ClN3O5/c1-30-18-8-5-16(13-19(18)31-2)21(28)24-14-20(27)25-9-11-26(12-10-25)22(29)15-3-6-17(23)7-4-15/h3-8,13H,9-12,14H2,1-2H3,(H,24,28). The average Bonchev–Trinajstić information content (AvgIpc) is 2.81. The number of nitrogens with zero attached hydrogens (tertiary/aromatic N) is 2. The largest absolute Gasteiger partial charge is 0.493 e. The van der Waals surface area contributed by atoms with Gasteiger partial charge in [0.05, 0.1) is 20.8 Å². The van der Waals surface area contributed by atoms with Gasteiger partial charge in [0, 0.05) is 42.3 Å². The van der Waals surface area contributed by atoms with Crippen LogP contribution >= 0.6 is 11.6 Å². The maximum atomic E-state index is 12.6. The Bertz CT molecular complexity index is 956. The summed E-state index contributed by atoms with van der Waals surface area (Å²) < 4.78 is 10.4. The van der Waals surface area contributed by atoms with Crippen molar-refractivity contribution in [1.82, 2.24) is 15.1 Å². The van der Waals surface area contributed by atoms with Crippen LogP contribution in [0.15, 0.2) is 42.5 Å². The van der Waals surface area contributed by atoms with Gasteiger partial charge in [-0.25, -0.2) is 0 Å². The van der Waals surface area contributed by atoms with Crippen molar-refractivity contribution in [2.45, 2.75) is 0 Å². The first-order chi connectivity index (χ1) is 14.9. The minimum Gasteiger partial charge on any atom is -0.493 e. The Labute approximate surface area is 185 Å². The molecule has 1 N–H and O–H groups in total. The molecule has 1 saturated heterocycles. The van der Waals surface area contributed by atoms with E-state index >= 15 is 0 Å². The van der Waals surface area contributed by atoms with Gasteiger partial charge in [-0.2, -0.15) is 0 Å². The van der Waals surface area contributed by atoms with E-state index in [9.17, 15) is 14.4 Å². The van der Waals surface area contributed by atoms with E-state index in [1.165, 1.54) is 14.2 Å². The van der Waals surface area contributed by atoms with Gasteiger partial charge in [-0.1, -0.05) is 11.6 Å². The SMILES string of the molecule is COc1ccc(C(=O)NCC(=O)N2CCN(C(=O)c3ccc(Cl)cc3)CC2)cc1OC. The fraction of sp³-hybridized carbons (Fsp3) is 0.318. The maximum Gasteiger partial charge on any atom is 0.253 e. The van der Waals surface area contributed by atoms with E-state index in [2.05, 4.69) is 5.32 Å². The van der Waals surface area contributed by atoms with Crippen LogP contribution in [0.25, 0.3) is 0 Å². The highest BCUT2D eigenvalue weighted by atomic mass is 35.5. The zero-order valence-corrected chi connectivity index (χ0v) is 18.1. The van der Waals surface area contributed by atoms with Gasteiger partial charge in [-0.05, 0) is 42.5 Å². The Morgan fingerprint density at radius 1 is 0.871 bits per heavy atom. The number of carbonyl (C=O) groups is 3. The molecule has 2 aromatic carbocycles. The number of halogens is 1. The van der Waals surface area contributed by atoms with Gasteiger partial charge >= 0.3 is 0 Å². The van der Waals surface area contributed by atoms with Crippen molar-refractivity contribution in [2.75, 3.05) is 46.9 Å². The van der Waals surface area contributed by atoms with Crippen molar-refractivity contribution in [2.24, 2.45) is 0 Å². The fourth-order valence-corrected chi connectivity index (χ4v) is 3.41. The van der Waals surface area contributed by atoms with Gasteiger partial charge in [0.2, 0.25) is 5.91 Å². The van der Waals surface area contributed by atoms with Crippen molar-refractivity contribution in [3.63, 3.8) is 0 Å². The topological polar surface area (TPSA) is 88.2 Å². The van der Waals surface area contributed by atoms with Crippen molar-refractivity contribution >= 4 is 29.3 Å². The number of amides is 3. The maximum absolute atomic E-state index is 12.6. The van der Waals surface area contributed by atoms with E-state index in [1.54, 1.807) is 52.3 Å².